The van der Waals surface area contributed by atoms with Gasteiger partial charge in [-0.15, -0.1) is 0 Å². The van der Waals surface area contributed by atoms with Crippen LogP contribution in [0.3, 0.4) is 0 Å². The molecule has 134 valence electrons. The summed E-state index contributed by atoms with van der Waals surface area (Å²) in [6.07, 6.45) is 1.43. The molecule has 2 rings (SSSR count). The Morgan fingerprint density at radius 3 is 2.52 bits per heavy atom. The molecule has 0 saturated heterocycles. The van der Waals surface area contributed by atoms with Gasteiger partial charge in [0.15, 0.2) is 6.10 Å². The van der Waals surface area contributed by atoms with Crippen LogP contribution < -0.4 is 10.1 Å². The van der Waals surface area contributed by atoms with Gasteiger partial charge in [-0.05, 0) is 67.5 Å². The predicted molar refractivity (Wildman–Crippen MR) is 103 cm³/mol. The molecule has 0 bridgehead atoms. The van der Waals surface area contributed by atoms with Crippen molar-refractivity contribution in [3.05, 3.63) is 64.2 Å². The van der Waals surface area contributed by atoms with Crippen molar-refractivity contribution in [1.29, 1.82) is 0 Å². The number of carbonyl (C=O) groups is 1. The third-order valence-corrected chi connectivity index (χ3v) is 4.74. The van der Waals surface area contributed by atoms with E-state index in [1.807, 2.05) is 32.0 Å². The van der Waals surface area contributed by atoms with Crippen LogP contribution in [0.1, 0.15) is 48.6 Å². The Hall–Kier alpha value is -2.29. The van der Waals surface area contributed by atoms with E-state index in [1.165, 1.54) is 16.7 Å². The van der Waals surface area contributed by atoms with E-state index in [2.05, 4.69) is 37.4 Å². The van der Waals surface area contributed by atoms with Crippen LogP contribution in [0.2, 0.25) is 0 Å². The molecule has 0 heterocycles. The van der Waals surface area contributed by atoms with E-state index in [0.717, 1.165) is 29.7 Å². The lowest BCUT2D eigenvalue weighted by molar-refractivity contribution is -0.127. The number of ether oxygens (including phenoxy) is 1. The SMILES string of the molecule is CCc1ccc(CC)c(CNC(=O)[C@@H](C)Oc2cccc(C)c2C)c1. The summed E-state index contributed by atoms with van der Waals surface area (Å²) >= 11 is 0. The second-order valence-electron chi connectivity index (χ2n) is 6.49. The van der Waals surface area contributed by atoms with Crippen LogP contribution in [0, 0.1) is 13.8 Å². The van der Waals surface area contributed by atoms with E-state index >= 15 is 0 Å². The summed E-state index contributed by atoms with van der Waals surface area (Å²) in [6.45, 7) is 10.7. The van der Waals surface area contributed by atoms with Crippen molar-refractivity contribution >= 4 is 5.91 Å². The molecule has 0 radical (unpaired) electrons. The fourth-order valence-corrected chi connectivity index (χ4v) is 2.83. The Balaban J connectivity index is 2.01. The Labute approximate surface area is 151 Å². The second kappa shape index (κ2) is 8.70. The molecule has 0 unspecified atom stereocenters. The minimum atomic E-state index is -0.528. The van der Waals surface area contributed by atoms with Gasteiger partial charge < -0.3 is 10.1 Å². The molecule has 0 aliphatic rings. The van der Waals surface area contributed by atoms with Crippen molar-refractivity contribution < 1.29 is 9.53 Å². The lowest BCUT2D eigenvalue weighted by Crippen LogP contribution is -2.36. The van der Waals surface area contributed by atoms with Gasteiger partial charge >= 0.3 is 0 Å². The van der Waals surface area contributed by atoms with Crippen molar-refractivity contribution in [1.82, 2.24) is 5.32 Å². The van der Waals surface area contributed by atoms with Crippen LogP contribution in [0.4, 0.5) is 0 Å². The molecular formula is C22H29NO2. The first-order chi connectivity index (χ1) is 12.0. The van der Waals surface area contributed by atoms with E-state index in [9.17, 15) is 4.79 Å². The molecule has 0 aliphatic heterocycles. The number of aryl methyl sites for hydroxylation is 3. The number of carbonyl (C=O) groups excluding carboxylic acids is 1. The van der Waals surface area contributed by atoms with Crippen LogP contribution in [0.5, 0.6) is 5.75 Å². The third-order valence-electron chi connectivity index (χ3n) is 4.74. The number of benzene rings is 2. The van der Waals surface area contributed by atoms with Gasteiger partial charge in [-0.2, -0.15) is 0 Å². The standard InChI is InChI=1S/C22H29NO2/c1-6-18-11-12-19(7-2)20(13-18)14-23-22(24)17(5)25-21-10-8-9-15(3)16(21)4/h8-13,17H,6-7,14H2,1-5H3,(H,23,24)/t17-/m1/s1. The van der Waals surface area contributed by atoms with E-state index in [-0.39, 0.29) is 5.91 Å². The number of hydrogen-bond acceptors (Lipinski definition) is 2. The van der Waals surface area contributed by atoms with Gasteiger partial charge in [-0.25, -0.2) is 0 Å². The molecule has 25 heavy (non-hydrogen) atoms. The van der Waals surface area contributed by atoms with Crippen molar-refractivity contribution in [3.63, 3.8) is 0 Å². The van der Waals surface area contributed by atoms with Crippen molar-refractivity contribution in [2.24, 2.45) is 0 Å². The molecule has 0 aliphatic carbocycles. The highest BCUT2D eigenvalue weighted by Crippen LogP contribution is 2.22. The molecule has 0 spiro atoms. The highest BCUT2D eigenvalue weighted by molar-refractivity contribution is 5.80. The maximum Gasteiger partial charge on any atom is 0.261 e. The van der Waals surface area contributed by atoms with Crippen molar-refractivity contribution in [2.75, 3.05) is 0 Å². The third kappa shape index (κ3) is 4.85. The van der Waals surface area contributed by atoms with Crippen molar-refractivity contribution in [2.45, 2.75) is 60.1 Å². The Bertz CT molecular complexity index is 737. The summed E-state index contributed by atoms with van der Waals surface area (Å²) in [7, 11) is 0. The molecule has 1 N–H and O–H groups in total. The van der Waals surface area contributed by atoms with Gasteiger partial charge in [0.1, 0.15) is 5.75 Å². The average Bonchev–Trinajstić information content (AvgIpc) is 2.63. The average molecular weight is 339 g/mol. The maximum atomic E-state index is 12.4. The largest absolute Gasteiger partial charge is 0.481 e. The number of rotatable bonds is 7. The molecule has 3 nitrogen and oxygen atoms in total. The minimum absolute atomic E-state index is 0.0927. The summed E-state index contributed by atoms with van der Waals surface area (Å²) in [5, 5.41) is 3.02. The summed E-state index contributed by atoms with van der Waals surface area (Å²) in [6, 6.07) is 12.4. The van der Waals surface area contributed by atoms with Gasteiger partial charge in [0, 0.05) is 6.54 Å². The number of hydrogen-bond donors (Lipinski definition) is 1. The summed E-state index contributed by atoms with van der Waals surface area (Å²) in [5.41, 5.74) is 6.00. The molecule has 0 fully saturated rings. The predicted octanol–water partition coefficient (Wildman–Crippen LogP) is 4.51. The monoisotopic (exact) mass is 339 g/mol. The van der Waals surface area contributed by atoms with Crippen LogP contribution in [0.25, 0.3) is 0 Å². The molecule has 0 saturated carbocycles. The van der Waals surface area contributed by atoms with Crippen LogP contribution >= 0.6 is 0 Å². The van der Waals surface area contributed by atoms with Crippen LogP contribution in [-0.4, -0.2) is 12.0 Å². The first-order valence-corrected chi connectivity index (χ1v) is 9.07. The fourth-order valence-electron chi connectivity index (χ4n) is 2.83. The maximum absolute atomic E-state index is 12.4. The zero-order valence-electron chi connectivity index (χ0n) is 16.0. The first-order valence-electron chi connectivity index (χ1n) is 9.07. The van der Waals surface area contributed by atoms with E-state index in [4.69, 9.17) is 4.74 Å². The lowest BCUT2D eigenvalue weighted by atomic mass is 10.0. The Kier molecular flexibility index (Phi) is 6.63. The highest BCUT2D eigenvalue weighted by atomic mass is 16.5. The first kappa shape index (κ1) is 19.0. The summed E-state index contributed by atoms with van der Waals surface area (Å²) in [4.78, 5) is 12.4. The fraction of sp³-hybridized carbons (Fsp3) is 0.409. The molecule has 2 aromatic carbocycles. The molecule has 2 aromatic rings. The Morgan fingerprint density at radius 2 is 1.84 bits per heavy atom. The van der Waals surface area contributed by atoms with Crippen LogP contribution in [0.15, 0.2) is 36.4 Å². The summed E-state index contributed by atoms with van der Waals surface area (Å²) < 4.78 is 5.87. The van der Waals surface area contributed by atoms with E-state index < -0.39 is 6.10 Å². The number of nitrogens with one attached hydrogen (secondary N) is 1. The summed E-state index contributed by atoms with van der Waals surface area (Å²) in [5.74, 6) is 0.676. The van der Waals surface area contributed by atoms with Gasteiger partial charge in [0.2, 0.25) is 0 Å². The molecule has 1 atom stereocenters. The molecular weight excluding hydrogens is 310 g/mol. The topological polar surface area (TPSA) is 38.3 Å². The minimum Gasteiger partial charge on any atom is -0.481 e. The zero-order chi connectivity index (χ0) is 18.4. The normalized spacial score (nSPS) is 11.9. The second-order valence-corrected chi connectivity index (χ2v) is 6.49. The van der Waals surface area contributed by atoms with Gasteiger partial charge in [-0.1, -0.05) is 44.2 Å². The smallest absolute Gasteiger partial charge is 0.261 e. The quantitative estimate of drug-likeness (QED) is 0.806. The van der Waals surface area contributed by atoms with E-state index in [1.54, 1.807) is 6.92 Å². The molecule has 1 amide bonds. The molecule has 0 aromatic heterocycles. The van der Waals surface area contributed by atoms with Gasteiger partial charge in [0.25, 0.3) is 5.91 Å². The van der Waals surface area contributed by atoms with Gasteiger partial charge in [-0.3, -0.25) is 4.79 Å². The van der Waals surface area contributed by atoms with Gasteiger partial charge in [0.05, 0.1) is 0 Å². The van der Waals surface area contributed by atoms with Crippen molar-refractivity contribution in [3.8, 4) is 5.75 Å². The van der Waals surface area contributed by atoms with E-state index in [0.29, 0.717) is 6.54 Å². The molecule has 3 heteroatoms. The Morgan fingerprint density at radius 1 is 1.08 bits per heavy atom. The highest BCUT2D eigenvalue weighted by Gasteiger charge is 2.16. The number of amides is 1. The lowest BCUT2D eigenvalue weighted by Gasteiger charge is -2.18. The zero-order valence-corrected chi connectivity index (χ0v) is 16.0. The van der Waals surface area contributed by atoms with Crippen LogP contribution in [-0.2, 0) is 24.2 Å².